The van der Waals surface area contributed by atoms with Crippen LogP contribution in [-0.4, -0.2) is 45.2 Å². The van der Waals surface area contributed by atoms with E-state index in [9.17, 15) is 14.4 Å². The second-order valence-electron chi connectivity index (χ2n) is 6.74. The minimum atomic E-state index is -0.517. The van der Waals surface area contributed by atoms with Crippen LogP contribution in [-0.2, 0) is 14.3 Å². The number of benzene rings is 2. The Bertz CT molecular complexity index is 958. The largest absolute Gasteiger partial charge is 0.493 e. The molecular formula is C22H24N2O6. The van der Waals surface area contributed by atoms with Gasteiger partial charge in [-0.2, -0.15) is 0 Å². The number of ether oxygens (including phenoxy) is 3. The van der Waals surface area contributed by atoms with Crippen LogP contribution >= 0.6 is 0 Å². The highest BCUT2D eigenvalue weighted by molar-refractivity contribution is 6.04. The number of hydrogen-bond acceptors (Lipinski definition) is 6. The van der Waals surface area contributed by atoms with Gasteiger partial charge in [-0.1, -0.05) is 6.07 Å². The SMILES string of the molecule is CCOC(=O)c1cccc(NC(=O)[C@@H]2CC(=O)N(c3ccc(OC)c(OC)c3)C2)c1. The average Bonchev–Trinajstić information content (AvgIpc) is 3.15. The zero-order valence-corrected chi connectivity index (χ0v) is 17.1. The lowest BCUT2D eigenvalue weighted by Crippen LogP contribution is -2.28. The molecule has 0 aromatic heterocycles. The number of methoxy groups -OCH3 is 2. The van der Waals surface area contributed by atoms with E-state index in [1.807, 2.05) is 0 Å². The molecule has 1 aliphatic rings. The fraction of sp³-hybridized carbons (Fsp3) is 0.318. The summed E-state index contributed by atoms with van der Waals surface area (Å²) in [5.41, 5.74) is 1.46. The van der Waals surface area contributed by atoms with Crippen LogP contribution in [0.3, 0.4) is 0 Å². The van der Waals surface area contributed by atoms with Gasteiger partial charge in [0, 0.05) is 30.4 Å². The summed E-state index contributed by atoms with van der Waals surface area (Å²) >= 11 is 0. The zero-order chi connectivity index (χ0) is 21.7. The number of anilines is 2. The molecule has 8 nitrogen and oxygen atoms in total. The second kappa shape index (κ2) is 9.30. The fourth-order valence-corrected chi connectivity index (χ4v) is 3.31. The maximum Gasteiger partial charge on any atom is 0.338 e. The van der Waals surface area contributed by atoms with Crippen molar-refractivity contribution in [3.05, 3.63) is 48.0 Å². The third kappa shape index (κ3) is 4.53. The Hall–Kier alpha value is -3.55. The minimum Gasteiger partial charge on any atom is -0.493 e. The number of esters is 1. The predicted molar refractivity (Wildman–Crippen MR) is 111 cm³/mol. The van der Waals surface area contributed by atoms with Gasteiger partial charge in [-0.3, -0.25) is 9.59 Å². The molecule has 158 valence electrons. The van der Waals surface area contributed by atoms with E-state index in [-0.39, 0.29) is 31.4 Å². The molecular weight excluding hydrogens is 388 g/mol. The molecule has 0 saturated carbocycles. The summed E-state index contributed by atoms with van der Waals surface area (Å²) in [5, 5.41) is 2.78. The topological polar surface area (TPSA) is 94.2 Å². The molecule has 1 atom stereocenters. The van der Waals surface area contributed by atoms with E-state index in [0.717, 1.165) is 0 Å². The summed E-state index contributed by atoms with van der Waals surface area (Å²) < 4.78 is 15.5. The minimum absolute atomic E-state index is 0.0950. The van der Waals surface area contributed by atoms with Crippen LogP contribution in [0, 0.1) is 5.92 Å². The van der Waals surface area contributed by atoms with E-state index in [1.54, 1.807) is 54.3 Å². The van der Waals surface area contributed by atoms with E-state index in [0.29, 0.717) is 28.4 Å². The summed E-state index contributed by atoms with van der Waals surface area (Å²) in [6.45, 7) is 2.24. The normalized spacial score (nSPS) is 15.6. The van der Waals surface area contributed by atoms with Gasteiger partial charge in [0.05, 0.1) is 32.3 Å². The van der Waals surface area contributed by atoms with Crippen LogP contribution in [0.15, 0.2) is 42.5 Å². The van der Waals surface area contributed by atoms with Crippen LogP contribution in [0.25, 0.3) is 0 Å². The van der Waals surface area contributed by atoms with Crippen molar-refractivity contribution in [2.45, 2.75) is 13.3 Å². The highest BCUT2D eigenvalue weighted by atomic mass is 16.5. The Kier molecular flexibility index (Phi) is 6.56. The molecule has 1 saturated heterocycles. The van der Waals surface area contributed by atoms with E-state index in [2.05, 4.69) is 5.32 Å². The van der Waals surface area contributed by atoms with Gasteiger partial charge >= 0.3 is 5.97 Å². The maximum atomic E-state index is 12.7. The number of nitrogens with zero attached hydrogens (tertiary/aromatic N) is 1. The first-order valence-corrected chi connectivity index (χ1v) is 9.57. The van der Waals surface area contributed by atoms with Crippen LogP contribution in [0.1, 0.15) is 23.7 Å². The van der Waals surface area contributed by atoms with E-state index < -0.39 is 11.9 Å². The Balaban J connectivity index is 1.70. The van der Waals surface area contributed by atoms with Gasteiger partial charge in [0.2, 0.25) is 11.8 Å². The molecule has 1 fully saturated rings. The molecule has 1 N–H and O–H groups in total. The van der Waals surface area contributed by atoms with Crippen LogP contribution in [0.4, 0.5) is 11.4 Å². The molecule has 30 heavy (non-hydrogen) atoms. The first-order valence-electron chi connectivity index (χ1n) is 9.57. The number of amides is 2. The third-order valence-electron chi connectivity index (χ3n) is 4.82. The first kappa shape index (κ1) is 21.2. The quantitative estimate of drug-likeness (QED) is 0.703. The Morgan fingerprint density at radius 2 is 1.87 bits per heavy atom. The van der Waals surface area contributed by atoms with Crippen LogP contribution < -0.4 is 19.7 Å². The molecule has 3 rings (SSSR count). The monoisotopic (exact) mass is 412 g/mol. The maximum absolute atomic E-state index is 12.7. The molecule has 0 spiro atoms. The third-order valence-corrected chi connectivity index (χ3v) is 4.82. The van der Waals surface area contributed by atoms with Crippen molar-refractivity contribution >= 4 is 29.2 Å². The zero-order valence-electron chi connectivity index (χ0n) is 17.1. The Morgan fingerprint density at radius 3 is 2.57 bits per heavy atom. The Morgan fingerprint density at radius 1 is 1.10 bits per heavy atom. The summed E-state index contributed by atoms with van der Waals surface area (Å²) in [6.07, 6.45) is 0.0950. The molecule has 2 aromatic carbocycles. The lowest BCUT2D eigenvalue weighted by Gasteiger charge is -2.18. The van der Waals surface area contributed by atoms with Gasteiger partial charge in [0.25, 0.3) is 0 Å². The molecule has 2 amide bonds. The highest BCUT2D eigenvalue weighted by Gasteiger charge is 2.35. The van der Waals surface area contributed by atoms with Gasteiger partial charge in [0.1, 0.15) is 0 Å². The van der Waals surface area contributed by atoms with E-state index in [4.69, 9.17) is 14.2 Å². The van der Waals surface area contributed by atoms with E-state index in [1.165, 1.54) is 14.2 Å². The molecule has 1 aliphatic heterocycles. The molecule has 0 bridgehead atoms. The lowest BCUT2D eigenvalue weighted by molar-refractivity contribution is -0.122. The van der Waals surface area contributed by atoms with Crippen molar-refractivity contribution in [1.29, 1.82) is 0 Å². The van der Waals surface area contributed by atoms with Gasteiger partial charge in [-0.15, -0.1) is 0 Å². The summed E-state index contributed by atoms with van der Waals surface area (Å²) in [7, 11) is 3.06. The highest BCUT2D eigenvalue weighted by Crippen LogP contribution is 2.34. The number of carbonyl (C=O) groups is 3. The molecule has 0 radical (unpaired) electrons. The van der Waals surface area contributed by atoms with Crippen molar-refractivity contribution in [3.8, 4) is 11.5 Å². The number of rotatable bonds is 7. The van der Waals surface area contributed by atoms with E-state index >= 15 is 0 Å². The van der Waals surface area contributed by atoms with Crippen molar-refractivity contribution in [2.75, 3.05) is 37.6 Å². The lowest BCUT2D eigenvalue weighted by atomic mass is 10.1. The van der Waals surface area contributed by atoms with Crippen LogP contribution in [0.2, 0.25) is 0 Å². The van der Waals surface area contributed by atoms with Gasteiger partial charge in [-0.25, -0.2) is 4.79 Å². The number of nitrogens with one attached hydrogen (secondary N) is 1. The summed E-state index contributed by atoms with van der Waals surface area (Å²) in [4.78, 5) is 38.7. The summed E-state index contributed by atoms with van der Waals surface area (Å²) in [5.74, 6) is -0.341. The number of carbonyl (C=O) groups excluding carboxylic acids is 3. The molecule has 8 heteroatoms. The van der Waals surface area contributed by atoms with Gasteiger partial charge < -0.3 is 24.4 Å². The second-order valence-corrected chi connectivity index (χ2v) is 6.74. The van der Waals surface area contributed by atoms with Crippen molar-refractivity contribution in [3.63, 3.8) is 0 Å². The van der Waals surface area contributed by atoms with Crippen LogP contribution in [0.5, 0.6) is 11.5 Å². The van der Waals surface area contributed by atoms with Gasteiger partial charge in [-0.05, 0) is 37.3 Å². The first-order chi connectivity index (χ1) is 14.5. The average molecular weight is 412 g/mol. The summed E-state index contributed by atoms with van der Waals surface area (Å²) in [6, 6.07) is 11.7. The molecule has 2 aromatic rings. The fourth-order valence-electron chi connectivity index (χ4n) is 3.31. The Labute approximate surface area is 174 Å². The number of hydrogen-bond donors (Lipinski definition) is 1. The van der Waals surface area contributed by atoms with Crippen molar-refractivity contribution < 1.29 is 28.6 Å². The van der Waals surface area contributed by atoms with Gasteiger partial charge in [0.15, 0.2) is 11.5 Å². The van der Waals surface area contributed by atoms with Crippen molar-refractivity contribution in [1.82, 2.24) is 0 Å². The molecule has 1 heterocycles. The smallest absolute Gasteiger partial charge is 0.338 e. The molecule has 0 aliphatic carbocycles. The van der Waals surface area contributed by atoms with Crippen molar-refractivity contribution in [2.24, 2.45) is 5.92 Å². The predicted octanol–water partition coefficient (Wildman–Crippen LogP) is 2.87. The standard InChI is InChI=1S/C22H24N2O6/c1-4-30-22(27)14-6-5-7-16(10-14)23-21(26)15-11-20(25)24(13-15)17-8-9-18(28-2)19(12-17)29-3/h5-10,12,15H,4,11,13H2,1-3H3,(H,23,26)/t15-/m1/s1. The molecule has 0 unspecified atom stereocenters.